The van der Waals surface area contributed by atoms with Crippen molar-refractivity contribution in [3.63, 3.8) is 0 Å². The van der Waals surface area contributed by atoms with Crippen molar-refractivity contribution in [2.45, 2.75) is 44.5 Å². The summed E-state index contributed by atoms with van der Waals surface area (Å²) in [6, 6.07) is 14.2. The van der Waals surface area contributed by atoms with Crippen LogP contribution in [0.5, 0.6) is 0 Å². The second-order valence-electron chi connectivity index (χ2n) is 6.53. The topological polar surface area (TPSA) is 70.7 Å². The number of benzene rings is 2. The number of carbonyl (C=O) groups excluding carboxylic acids is 1. The molecule has 0 fully saturated rings. The van der Waals surface area contributed by atoms with Crippen LogP contribution < -0.4 is 5.32 Å². The van der Waals surface area contributed by atoms with Crippen molar-refractivity contribution < 1.29 is 4.79 Å². The monoisotopic (exact) mass is 380 g/mol. The fourth-order valence-corrected chi connectivity index (χ4v) is 3.50. The molecule has 5 nitrogen and oxygen atoms in total. The van der Waals surface area contributed by atoms with Crippen molar-refractivity contribution >= 4 is 23.4 Å². The van der Waals surface area contributed by atoms with E-state index in [1.54, 1.807) is 0 Å². The van der Waals surface area contributed by atoms with Gasteiger partial charge in [0, 0.05) is 11.3 Å². The minimum absolute atomic E-state index is 0.0592. The molecule has 2 N–H and O–H groups in total. The first-order valence-corrected chi connectivity index (χ1v) is 9.91. The van der Waals surface area contributed by atoms with Crippen LogP contribution in [-0.2, 0) is 11.2 Å². The van der Waals surface area contributed by atoms with E-state index in [0.717, 1.165) is 28.8 Å². The van der Waals surface area contributed by atoms with Crippen LogP contribution in [0.1, 0.15) is 30.5 Å². The van der Waals surface area contributed by atoms with Crippen LogP contribution in [0.3, 0.4) is 0 Å². The Balaban J connectivity index is 1.66. The quantitative estimate of drug-likeness (QED) is 0.604. The molecule has 140 valence electrons. The van der Waals surface area contributed by atoms with E-state index in [9.17, 15) is 4.79 Å². The van der Waals surface area contributed by atoms with Gasteiger partial charge in [-0.2, -0.15) is 0 Å². The Morgan fingerprint density at radius 3 is 2.44 bits per heavy atom. The van der Waals surface area contributed by atoms with Gasteiger partial charge in [-0.15, -0.1) is 5.10 Å². The molecular weight excluding hydrogens is 356 g/mol. The maximum absolute atomic E-state index is 12.6. The fourth-order valence-electron chi connectivity index (χ4n) is 2.77. The van der Waals surface area contributed by atoms with E-state index in [4.69, 9.17) is 0 Å². The normalized spacial score (nSPS) is 12.0. The molecule has 27 heavy (non-hydrogen) atoms. The highest BCUT2D eigenvalue weighted by atomic mass is 32.2. The zero-order valence-electron chi connectivity index (χ0n) is 16.0. The molecule has 0 radical (unpaired) electrons. The number of aromatic amines is 1. The summed E-state index contributed by atoms with van der Waals surface area (Å²) in [7, 11) is 0. The van der Waals surface area contributed by atoms with E-state index >= 15 is 0 Å². The van der Waals surface area contributed by atoms with E-state index in [1.807, 2.05) is 51.1 Å². The lowest BCUT2D eigenvalue weighted by Gasteiger charge is -2.14. The summed E-state index contributed by atoms with van der Waals surface area (Å²) >= 11 is 1.34. The van der Waals surface area contributed by atoms with Gasteiger partial charge in [0.25, 0.3) is 0 Å². The van der Waals surface area contributed by atoms with Gasteiger partial charge in [0.15, 0.2) is 5.82 Å². The number of amides is 1. The van der Waals surface area contributed by atoms with E-state index in [2.05, 4.69) is 39.6 Å². The predicted octanol–water partition coefficient (Wildman–Crippen LogP) is 4.77. The number of rotatable bonds is 6. The van der Waals surface area contributed by atoms with Gasteiger partial charge in [-0.3, -0.25) is 9.89 Å². The lowest BCUT2D eigenvalue weighted by atomic mass is 10.1. The van der Waals surface area contributed by atoms with Crippen molar-refractivity contribution in [1.82, 2.24) is 15.2 Å². The molecule has 1 aromatic heterocycles. The zero-order chi connectivity index (χ0) is 19.4. The molecule has 2 aromatic carbocycles. The van der Waals surface area contributed by atoms with Gasteiger partial charge in [0.1, 0.15) is 0 Å². The Bertz CT molecular complexity index is 913. The Hall–Kier alpha value is -2.60. The van der Waals surface area contributed by atoms with Crippen LogP contribution in [0.25, 0.3) is 11.4 Å². The molecule has 1 amide bonds. The third-order valence-electron chi connectivity index (χ3n) is 4.48. The van der Waals surface area contributed by atoms with Gasteiger partial charge in [-0.05, 0) is 43.9 Å². The van der Waals surface area contributed by atoms with Crippen LogP contribution in [0.4, 0.5) is 5.69 Å². The van der Waals surface area contributed by atoms with Crippen LogP contribution in [0.15, 0.2) is 47.6 Å². The summed E-state index contributed by atoms with van der Waals surface area (Å²) in [5.41, 5.74) is 5.25. The van der Waals surface area contributed by atoms with E-state index < -0.39 is 0 Å². The Kier molecular flexibility index (Phi) is 5.96. The molecular formula is C21H24N4OS. The maximum atomic E-state index is 12.6. The number of anilines is 1. The summed E-state index contributed by atoms with van der Waals surface area (Å²) in [5, 5.41) is 10.5. The predicted molar refractivity (Wildman–Crippen MR) is 111 cm³/mol. The van der Waals surface area contributed by atoms with Crippen molar-refractivity contribution in [1.29, 1.82) is 0 Å². The Morgan fingerprint density at radius 2 is 1.81 bits per heavy atom. The summed E-state index contributed by atoms with van der Waals surface area (Å²) in [6.45, 7) is 7.97. The number of hydrogen-bond donors (Lipinski definition) is 2. The summed E-state index contributed by atoms with van der Waals surface area (Å²) < 4.78 is 0. The molecule has 3 aromatic rings. The number of aryl methyl sites for hydroxylation is 3. The molecule has 0 aliphatic heterocycles. The van der Waals surface area contributed by atoms with E-state index in [1.165, 1.54) is 17.3 Å². The number of aromatic nitrogens is 3. The van der Waals surface area contributed by atoms with Gasteiger partial charge in [-0.1, -0.05) is 61.2 Å². The van der Waals surface area contributed by atoms with E-state index in [0.29, 0.717) is 11.0 Å². The zero-order valence-corrected chi connectivity index (χ0v) is 16.9. The molecule has 0 aliphatic carbocycles. The largest absolute Gasteiger partial charge is 0.325 e. The van der Waals surface area contributed by atoms with Gasteiger partial charge in [0.2, 0.25) is 11.1 Å². The molecule has 0 aliphatic rings. The van der Waals surface area contributed by atoms with Crippen LogP contribution in [0.2, 0.25) is 0 Å². The second-order valence-corrected chi connectivity index (χ2v) is 7.84. The van der Waals surface area contributed by atoms with Gasteiger partial charge < -0.3 is 5.32 Å². The third kappa shape index (κ3) is 4.57. The number of nitrogens with one attached hydrogen (secondary N) is 2. The van der Waals surface area contributed by atoms with Crippen LogP contribution >= 0.6 is 11.8 Å². The molecule has 1 heterocycles. The molecule has 0 saturated heterocycles. The second kappa shape index (κ2) is 8.39. The average molecular weight is 381 g/mol. The average Bonchev–Trinajstić information content (AvgIpc) is 3.13. The van der Waals surface area contributed by atoms with Crippen molar-refractivity contribution in [2.75, 3.05) is 5.32 Å². The lowest BCUT2D eigenvalue weighted by molar-refractivity contribution is -0.115. The molecule has 0 spiro atoms. The smallest absolute Gasteiger partial charge is 0.237 e. The lowest BCUT2D eigenvalue weighted by Crippen LogP contribution is -2.23. The Morgan fingerprint density at radius 1 is 1.15 bits per heavy atom. The third-order valence-corrected chi connectivity index (χ3v) is 5.44. The summed E-state index contributed by atoms with van der Waals surface area (Å²) in [5.74, 6) is 0.651. The number of H-pyrrole nitrogens is 1. The minimum atomic E-state index is -0.310. The molecule has 0 unspecified atom stereocenters. The van der Waals surface area contributed by atoms with Crippen molar-refractivity contribution in [3.05, 3.63) is 59.2 Å². The van der Waals surface area contributed by atoms with Crippen molar-refractivity contribution in [3.8, 4) is 11.4 Å². The molecule has 0 bridgehead atoms. The Labute approximate surface area is 164 Å². The number of hydrogen-bond acceptors (Lipinski definition) is 4. The number of nitrogens with zero attached hydrogens (tertiary/aromatic N) is 2. The van der Waals surface area contributed by atoms with Crippen molar-refractivity contribution in [2.24, 2.45) is 0 Å². The van der Waals surface area contributed by atoms with Crippen LogP contribution in [0, 0.1) is 13.8 Å². The van der Waals surface area contributed by atoms with Crippen LogP contribution in [-0.4, -0.2) is 26.3 Å². The molecule has 0 saturated carbocycles. The summed E-state index contributed by atoms with van der Waals surface area (Å²) in [6.07, 6.45) is 1.00. The molecule has 6 heteroatoms. The summed E-state index contributed by atoms with van der Waals surface area (Å²) in [4.78, 5) is 17.1. The molecule has 3 rings (SSSR count). The number of carbonyl (C=O) groups is 1. The molecule has 1 atom stereocenters. The standard InChI is InChI=1S/C21H24N4OS/c1-5-16-9-11-17(12-10-16)19-23-21(25-24-19)27-15(4)20(26)22-18-13(2)7-6-8-14(18)3/h6-12,15H,5H2,1-4H3,(H,22,26)(H,23,24,25)/t15-/m1/s1. The first-order chi connectivity index (χ1) is 13.0. The SMILES string of the molecule is CCc1ccc(-c2nc(S[C@H](C)C(=O)Nc3c(C)cccc3C)n[nH]2)cc1. The fraction of sp³-hybridized carbons (Fsp3) is 0.286. The maximum Gasteiger partial charge on any atom is 0.237 e. The first-order valence-electron chi connectivity index (χ1n) is 9.03. The van der Waals surface area contributed by atoms with Gasteiger partial charge >= 0.3 is 0 Å². The number of thioether (sulfide) groups is 1. The van der Waals surface area contributed by atoms with Gasteiger partial charge in [-0.25, -0.2) is 4.98 Å². The minimum Gasteiger partial charge on any atom is -0.325 e. The highest BCUT2D eigenvalue weighted by molar-refractivity contribution is 8.00. The highest BCUT2D eigenvalue weighted by Crippen LogP contribution is 2.25. The van der Waals surface area contributed by atoms with E-state index in [-0.39, 0.29) is 11.2 Å². The highest BCUT2D eigenvalue weighted by Gasteiger charge is 2.19. The first kappa shape index (κ1) is 19.2. The van der Waals surface area contributed by atoms with Gasteiger partial charge in [0.05, 0.1) is 5.25 Å². The number of para-hydroxylation sites is 1.